The second kappa shape index (κ2) is 7.76. The topological polar surface area (TPSA) is 71.8 Å². The van der Waals surface area contributed by atoms with Crippen LogP contribution in [-0.4, -0.2) is 26.1 Å². The monoisotopic (exact) mass is 378 g/mol. The zero-order valence-electron chi connectivity index (χ0n) is 15.7. The van der Waals surface area contributed by atoms with Crippen molar-refractivity contribution in [1.82, 2.24) is 0 Å². The number of nitrogens with one attached hydrogen (secondary N) is 1. The van der Waals surface area contributed by atoms with Gasteiger partial charge in [0.25, 0.3) is 5.91 Å². The number of hydrogen-bond donors (Lipinski definition) is 1. The van der Waals surface area contributed by atoms with Gasteiger partial charge in [-0.25, -0.2) is 4.79 Å². The Bertz CT molecular complexity index is 1050. The van der Waals surface area contributed by atoms with Gasteiger partial charge in [-0.1, -0.05) is 0 Å². The minimum Gasteiger partial charge on any atom is -0.497 e. The lowest BCUT2D eigenvalue weighted by atomic mass is 10.1. The molecule has 1 N–H and O–H groups in total. The maximum Gasteiger partial charge on any atom is 0.337 e. The largest absolute Gasteiger partial charge is 0.497 e. The third-order valence-corrected chi connectivity index (χ3v) is 5.04. The van der Waals surface area contributed by atoms with Crippen LogP contribution in [0.4, 0.5) is 11.4 Å². The Balaban J connectivity index is 1.57. The van der Waals surface area contributed by atoms with Gasteiger partial charge in [-0.3, -0.25) is 4.79 Å². The number of benzene rings is 2. The lowest BCUT2D eigenvalue weighted by molar-refractivity contribution is 0.102. The lowest BCUT2D eigenvalue weighted by Crippen LogP contribution is -2.29. The van der Waals surface area contributed by atoms with E-state index in [-0.39, 0.29) is 11.5 Å². The Hall–Kier alpha value is -3.28. The molecule has 2 heterocycles. The Labute approximate surface area is 162 Å². The van der Waals surface area contributed by atoms with Gasteiger partial charge in [0.05, 0.1) is 12.7 Å². The van der Waals surface area contributed by atoms with E-state index in [4.69, 9.17) is 9.15 Å². The fourth-order valence-electron chi connectivity index (χ4n) is 3.56. The van der Waals surface area contributed by atoms with Gasteiger partial charge in [0.15, 0.2) is 0 Å². The molecule has 28 heavy (non-hydrogen) atoms. The summed E-state index contributed by atoms with van der Waals surface area (Å²) in [4.78, 5) is 27.0. The van der Waals surface area contributed by atoms with Crippen molar-refractivity contribution in [2.45, 2.75) is 19.3 Å². The van der Waals surface area contributed by atoms with Gasteiger partial charge in [-0.15, -0.1) is 0 Å². The lowest BCUT2D eigenvalue weighted by Gasteiger charge is -2.28. The molecule has 1 fully saturated rings. The van der Waals surface area contributed by atoms with Gasteiger partial charge in [-0.05, 0) is 55.7 Å². The number of carbonyl (C=O) groups excluding carboxylic acids is 1. The Morgan fingerprint density at radius 2 is 1.79 bits per heavy atom. The fraction of sp³-hybridized carbons (Fsp3) is 0.273. The summed E-state index contributed by atoms with van der Waals surface area (Å²) in [5.41, 5.74) is 1.86. The number of fused-ring (bicyclic) bond motifs is 1. The summed E-state index contributed by atoms with van der Waals surface area (Å²) >= 11 is 0. The van der Waals surface area contributed by atoms with E-state index < -0.39 is 5.63 Å². The number of carbonyl (C=O) groups is 1. The van der Waals surface area contributed by atoms with Gasteiger partial charge in [0.1, 0.15) is 11.3 Å². The molecule has 1 aromatic heterocycles. The zero-order chi connectivity index (χ0) is 19.5. The number of nitrogens with zero attached hydrogens (tertiary/aromatic N) is 1. The van der Waals surface area contributed by atoms with Gasteiger partial charge < -0.3 is 19.4 Å². The van der Waals surface area contributed by atoms with E-state index >= 15 is 0 Å². The molecule has 1 aliphatic heterocycles. The second-order valence-corrected chi connectivity index (χ2v) is 6.89. The molecule has 2 aromatic carbocycles. The number of methoxy groups -OCH3 is 1. The molecule has 0 saturated carbocycles. The van der Waals surface area contributed by atoms with Crippen LogP contribution in [0.15, 0.2) is 57.7 Å². The molecule has 1 saturated heterocycles. The van der Waals surface area contributed by atoms with Crippen molar-refractivity contribution in [3.8, 4) is 5.75 Å². The predicted molar refractivity (Wildman–Crippen MR) is 109 cm³/mol. The van der Waals surface area contributed by atoms with Crippen molar-refractivity contribution in [2.24, 2.45) is 0 Å². The molecule has 0 spiro atoms. The first-order valence-electron chi connectivity index (χ1n) is 9.42. The van der Waals surface area contributed by atoms with Crippen molar-refractivity contribution in [2.75, 3.05) is 30.4 Å². The number of piperidine rings is 1. The van der Waals surface area contributed by atoms with E-state index in [0.717, 1.165) is 18.8 Å². The van der Waals surface area contributed by atoms with E-state index in [1.165, 1.54) is 32.4 Å². The number of ether oxygens (including phenoxy) is 1. The highest BCUT2D eigenvalue weighted by molar-refractivity contribution is 6.12. The number of rotatable bonds is 4. The third kappa shape index (κ3) is 3.71. The quantitative estimate of drug-likeness (QED) is 0.694. The first kappa shape index (κ1) is 18.1. The normalized spacial score (nSPS) is 14.1. The van der Waals surface area contributed by atoms with Crippen LogP contribution < -0.4 is 20.6 Å². The summed E-state index contributed by atoms with van der Waals surface area (Å²) in [6.45, 7) is 2.14. The number of amides is 1. The van der Waals surface area contributed by atoms with Crippen LogP contribution in [0.5, 0.6) is 5.75 Å². The van der Waals surface area contributed by atoms with Crippen molar-refractivity contribution < 1.29 is 13.9 Å². The van der Waals surface area contributed by atoms with Crippen molar-refractivity contribution in [3.63, 3.8) is 0 Å². The van der Waals surface area contributed by atoms with E-state index in [9.17, 15) is 9.59 Å². The number of hydrogen-bond acceptors (Lipinski definition) is 5. The van der Waals surface area contributed by atoms with Gasteiger partial charge >= 0.3 is 5.63 Å². The van der Waals surface area contributed by atoms with Crippen LogP contribution in [0.1, 0.15) is 29.6 Å². The SMILES string of the molecule is COc1ccc2c(C(=O)Nc3ccc(N4CCCCC4)cc3)cc(=O)oc2c1. The van der Waals surface area contributed by atoms with Crippen LogP contribution >= 0.6 is 0 Å². The third-order valence-electron chi connectivity index (χ3n) is 5.04. The summed E-state index contributed by atoms with van der Waals surface area (Å²) in [5.74, 6) is 0.204. The highest BCUT2D eigenvalue weighted by Crippen LogP contribution is 2.25. The van der Waals surface area contributed by atoms with E-state index in [0.29, 0.717) is 22.4 Å². The molecule has 0 unspecified atom stereocenters. The van der Waals surface area contributed by atoms with Crippen LogP contribution in [0, 0.1) is 0 Å². The highest BCUT2D eigenvalue weighted by atomic mass is 16.5. The maximum absolute atomic E-state index is 12.8. The summed E-state index contributed by atoms with van der Waals surface area (Å²) in [6.07, 6.45) is 3.72. The first-order valence-corrected chi connectivity index (χ1v) is 9.42. The molecular formula is C22H22N2O4. The molecule has 1 amide bonds. The fourth-order valence-corrected chi connectivity index (χ4v) is 3.56. The van der Waals surface area contributed by atoms with Crippen molar-refractivity contribution >= 4 is 28.3 Å². The molecule has 0 bridgehead atoms. The van der Waals surface area contributed by atoms with Crippen LogP contribution in [0.25, 0.3) is 11.0 Å². The average Bonchev–Trinajstić information content (AvgIpc) is 2.73. The Kier molecular flexibility index (Phi) is 5.02. The molecule has 3 aromatic rings. The average molecular weight is 378 g/mol. The van der Waals surface area contributed by atoms with E-state index in [2.05, 4.69) is 10.2 Å². The smallest absolute Gasteiger partial charge is 0.337 e. The molecule has 0 radical (unpaired) electrons. The summed E-state index contributed by atoms with van der Waals surface area (Å²) in [5, 5.41) is 3.43. The molecular weight excluding hydrogens is 356 g/mol. The Morgan fingerprint density at radius 1 is 1.04 bits per heavy atom. The first-order chi connectivity index (χ1) is 13.6. The summed E-state index contributed by atoms with van der Waals surface area (Å²) in [7, 11) is 1.53. The summed E-state index contributed by atoms with van der Waals surface area (Å²) < 4.78 is 10.4. The second-order valence-electron chi connectivity index (χ2n) is 6.89. The van der Waals surface area contributed by atoms with Gasteiger partial charge in [0, 0.05) is 42.0 Å². The molecule has 4 rings (SSSR count). The van der Waals surface area contributed by atoms with E-state index in [1.807, 2.05) is 24.3 Å². The Morgan fingerprint density at radius 3 is 2.50 bits per heavy atom. The standard InChI is InChI=1S/C22H22N2O4/c1-27-17-9-10-18-19(14-21(25)28-20(18)13-17)22(26)23-15-5-7-16(8-6-15)24-11-3-2-4-12-24/h5-10,13-14H,2-4,11-12H2,1H3,(H,23,26). The molecule has 6 nitrogen and oxygen atoms in total. The van der Waals surface area contributed by atoms with E-state index in [1.54, 1.807) is 18.2 Å². The molecule has 0 aliphatic carbocycles. The molecule has 1 aliphatic rings. The zero-order valence-corrected chi connectivity index (χ0v) is 15.7. The maximum atomic E-state index is 12.8. The highest BCUT2D eigenvalue weighted by Gasteiger charge is 2.15. The molecule has 144 valence electrons. The van der Waals surface area contributed by atoms with Crippen LogP contribution in [-0.2, 0) is 0 Å². The van der Waals surface area contributed by atoms with Crippen molar-refractivity contribution in [3.05, 3.63) is 64.5 Å². The van der Waals surface area contributed by atoms with Crippen molar-refractivity contribution in [1.29, 1.82) is 0 Å². The molecule has 6 heteroatoms. The van der Waals surface area contributed by atoms with Gasteiger partial charge in [0.2, 0.25) is 0 Å². The minimum absolute atomic E-state index is 0.272. The molecule has 0 atom stereocenters. The number of anilines is 2. The van der Waals surface area contributed by atoms with Crippen LogP contribution in [0.3, 0.4) is 0 Å². The minimum atomic E-state index is -0.577. The predicted octanol–water partition coefficient (Wildman–Crippen LogP) is 4.04. The van der Waals surface area contributed by atoms with Gasteiger partial charge in [-0.2, -0.15) is 0 Å². The summed E-state index contributed by atoms with van der Waals surface area (Å²) in [6, 6.07) is 14.1. The van der Waals surface area contributed by atoms with Crippen LogP contribution in [0.2, 0.25) is 0 Å².